The molecule has 1 heterocycles. The molecule has 0 aliphatic carbocycles. The first-order valence-electron chi connectivity index (χ1n) is 15.3. The van der Waals surface area contributed by atoms with Crippen molar-refractivity contribution in [1.82, 2.24) is 5.32 Å². The van der Waals surface area contributed by atoms with Crippen LogP contribution in [0, 0.1) is 5.82 Å². The smallest absolute Gasteiger partial charge is 0.306 e. The number of nitrogens with one attached hydrogen (secondary N) is 1. The molecule has 2 N–H and O–H groups in total. The van der Waals surface area contributed by atoms with Gasteiger partial charge in [0.15, 0.2) is 11.6 Å². The summed E-state index contributed by atoms with van der Waals surface area (Å²) >= 11 is 14.5. The van der Waals surface area contributed by atoms with E-state index in [0.29, 0.717) is 53.0 Å². The molecule has 0 saturated heterocycles. The molecule has 8 nitrogen and oxygen atoms in total. The summed E-state index contributed by atoms with van der Waals surface area (Å²) in [5, 5.41) is 12.8. The van der Waals surface area contributed by atoms with E-state index in [0.717, 1.165) is 5.56 Å². The van der Waals surface area contributed by atoms with Gasteiger partial charge in [-0.25, -0.2) is 9.38 Å². The highest BCUT2D eigenvalue weighted by atomic mass is 35.5. The number of carbonyl (C=O) groups is 2. The van der Waals surface area contributed by atoms with Gasteiger partial charge in [0.2, 0.25) is 5.90 Å². The van der Waals surface area contributed by atoms with E-state index in [1.807, 2.05) is 0 Å². The van der Waals surface area contributed by atoms with Gasteiger partial charge in [0.1, 0.15) is 17.2 Å². The van der Waals surface area contributed by atoms with Gasteiger partial charge in [-0.3, -0.25) is 9.59 Å². The predicted molar refractivity (Wildman–Crippen MR) is 184 cm³/mol. The van der Waals surface area contributed by atoms with Gasteiger partial charge in [-0.2, -0.15) is 11.8 Å². The Balaban J connectivity index is 1.63. The first kappa shape index (κ1) is 36.5. The van der Waals surface area contributed by atoms with Crippen molar-refractivity contribution in [3.8, 4) is 5.75 Å². The quantitative estimate of drug-likeness (QED) is 0.126. The zero-order valence-electron chi connectivity index (χ0n) is 26.6. The molecule has 47 heavy (non-hydrogen) atoms. The molecule has 0 aromatic heterocycles. The van der Waals surface area contributed by atoms with E-state index in [4.69, 9.17) is 47.5 Å². The Hall–Kier alpha value is -3.31. The molecule has 1 amide bonds. The number of benzene rings is 3. The number of aliphatic hydroxyl groups excluding tert-OH is 1. The second kappa shape index (κ2) is 16.7. The van der Waals surface area contributed by atoms with Crippen LogP contribution in [0.25, 0.3) is 0 Å². The summed E-state index contributed by atoms with van der Waals surface area (Å²) in [7, 11) is 0. The van der Waals surface area contributed by atoms with Crippen molar-refractivity contribution < 1.29 is 33.3 Å². The first-order chi connectivity index (χ1) is 22.4. The number of hydrogen-bond donors (Lipinski definition) is 2. The zero-order chi connectivity index (χ0) is 34.0. The number of thioether (sulfide) groups is 1. The Labute approximate surface area is 289 Å². The maximum atomic E-state index is 14.3. The van der Waals surface area contributed by atoms with Gasteiger partial charge in [0.05, 0.1) is 6.61 Å². The summed E-state index contributed by atoms with van der Waals surface area (Å²) in [6.45, 7) is 6.03. The summed E-state index contributed by atoms with van der Waals surface area (Å²) in [6, 6.07) is 18.3. The van der Waals surface area contributed by atoms with E-state index in [1.54, 1.807) is 87.1 Å². The molecule has 3 aromatic carbocycles. The summed E-state index contributed by atoms with van der Waals surface area (Å²) in [5.41, 5.74) is -0.242. The van der Waals surface area contributed by atoms with E-state index in [9.17, 15) is 14.0 Å². The number of nitrogens with zero attached hydrogens (tertiary/aromatic N) is 1. The van der Waals surface area contributed by atoms with Crippen molar-refractivity contribution in [1.29, 1.82) is 0 Å². The van der Waals surface area contributed by atoms with Crippen molar-refractivity contribution >= 4 is 52.7 Å². The van der Waals surface area contributed by atoms with Crippen LogP contribution in [0.5, 0.6) is 5.75 Å². The fourth-order valence-electron chi connectivity index (χ4n) is 4.91. The molecule has 3 aromatic rings. The molecule has 1 aliphatic heterocycles. The molecule has 252 valence electrons. The van der Waals surface area contributed by atoms with E-state index >= 15 is 0 Å². The molecule has 0 saturated carbocycles. The second-order valence-electron chi connectivity index (χ2n) is 12.0. The number of rotatable bonds is 15. The van der Waals surface area contributed by atoms with Gasteiger partial charge in [-0.15, -0.1) is 0 Å². The molecule has 0 unspecified atom stereocenters. The number of aliphatic hydroxyl groups is 1. The molecule has 1 aliphatic rings. The third kappa shape index (κ3) is 10.3. The third-order valence-electron chi connectivity index (χ3n) is 7.12. The van der Waals surface area contributed by atoms with Crippen molar-refractivity contribution in [2.75, 3.05) is 25.5 Å². The molecule has 0 fully saturated rings. The van der Waals surface area contributed by atoms with Crippen LogP contribution in [0.15, 0.2) is 71.7 Å². The lowest BCUT2D eigenvalue weighted by Crippen LogP contribution is -2.49. The highest BCUT2D eigenvalue weighted by Crippen LogP contribution is 2.45. The predicted octanol–water partition coefficient (Wildman–Crippen LogP) is 7.32. The minimum absolute atomic E-state index is 0.0219. The van der Waals surface area contributed by atoms with Crippen LogP contribution < -0.4 is 10.1 Å². The highest BCUT2D eigenvalue weighted by molar-refractivity contribution is 7.98. The van der Waals surface area contributed by atoms with Gasteiger partial charge in [0, 0.05) is 58.7 Å². The Morgan fingerprint density at radius 2 is 1.81 bits per heavy atom. The number of hydrogen-bond acceptors (Lipinski definition) is 8. The van der Waals surface area contributed by atoms with Crippen LogP contribution in [-0.4, -0.2) is 59.5 Å². The zero-order valence-corrected chi connectivity index (χ0v) is 28.9. The van der Waals surface area contributed by atoms with Crippen LogP contribution in [0.2, 0.25) is 10.0 Å². The number of halogens is 3. The fourth-order valence-corrected chi connectivity index (χ4v) is 6.23. The number of amides is 1. The topological polar surface area (TPSA) is 106 Å². The number of carbonyl (C=O) groups excluding carboxylic acids is 2. The fraction of sp³-hybridized carbons (Fsp3) is 0.400. The summed E-state index contributed by atoms with van der Waals surface area (Å²) in [5.74, 6) is 0.824. The number of esters is 1. The van der Waals surface area contributed by atoms with Crippen LogP contribution in [0.4, 0.5) is 4.39 Å². The van der Waals surface area contributed by atoms with Crippen molar-refractivity contribution in [3.05, 3.63) is 99.3 Å². The Kier molecular flexibility index (Phi) is 13.0. The van der Waals surface area contributed by atoms with E-state index in [-0.39, 0.29) is 36.2 Å². The van der Waals surface area contributed by atoms with Crippen LogP contribution in [-0.2, 0) is 24.8 Å². The molecule has 4 rings (SSSR count). The van der Waals surface area contributed by atoms with E-state index in [1.165, 1.54) is 12.1 Å². The van der Waals surface area contributed by atoms with Crippen molar-refractivity contribution in [2.45, 2.75) is 63.0 Å². The van der Waals surface area contributed by atoms with Gasteiger partial charge in [-0.1, -0.05) is 41.4 Å². The number of aliphatic imine (C=N–C) groups is 1. The molecule has 12 heteroatoms. The summed E-state index contributed by atoms with van der Waals surface area (Å²) in [6.07, 6.45) is -0.617. The summed E-state index contributed by atoms with van der Waals surface area (Å²) < 4.78 is 31.0. The van der Waals surface area contributed by atoms with Crippen molar-refractivity contribution in [3.63, 3.8) is 0 Å². The number of ether oxygens (including phenoxy) is 3. The Morgan fingerprint density at radius 3 is 2.47 bits per heavy atom. The highest BCUT2D eigenvalue weighted by Gasteiger charge is 2.54. The first-order valence-corrected chi connectivity index (χ1v) is 17.2. The lowest BCUT2D eigenvalue weighted by atomic mass is 9.83. The largest absolute Gasteiger partial charge is 0.494 e. The maximum Gasteiger partial charge on any atom is 0.306 e. The molecule has 0 spiro atoms. The van der Waals surface area contributed by atoms with Crippen LogP contribution in [0.3, 0.4) is 0 Å². The third-order valence-corrected chi connectivity index (χ3v) is 8.71. The SMILES string of the molecule is CC(C)(C)OC(=O)CC[C@@]1(C(=O)NCCSCc2ccc(F)cc2)N=C(c2ccc(OCCCO)cc2)O[C@@H]1c1ccc(Cl)cc1Cl. The maximum absolute atomic E-state index is 14.3. The van der Waals surface area contributed by atoms with E-state index in [2.05, 4.69) is 5.32 Å². The van der Waals surface area contributed by atoms with Crippen molar-refractivity contribution in [2.24, 2.45) is 4.99 Å². The Bertz CT molecular complexity index is 1550. The van der Waals surface area contributed by atoms with Gasteiger partial charge < -0.3 is 24.6 Å². The minimum atomic E-state index is -1.58. The second-order valence-corrected chi connectivity index (χ2v) is 13.9. The van der Waals surface area contributed by atoms with Crippen LogP contribution in [0.1, 0.15) is 62.8 Å². The standard InChI is InChI=1S/C35H39Cl2FN2O6S/c1-34(2,3)46-30(42)15-16-35(33(43)39-17-20-47-22-23-5-10-26(38)11-6-23)31(28-14-9-25(36)21-29(28)37)45-32(40-35)24-7-12-27(13-8-24)44-19-4-18-41/h5-14,21,31,41H,4,15-20,22H2,1-3H3,(H,39,43)/t31-,35-/m1/s1. The minimum Gasteiger partial charge on any atom is -0.494 e. The lowest BCUT2D eigenvalue weighted by Gasteiger charge is -2.31. The molecular weight excluding hydrogens is 666 g/mol. The van der Waals surface area contributed by atoms with E-state index < -0.39 is 29.1 Å². The molecule has 0 bridgehead atoms. The molecular formula is C35H39Cl2FN2O6S. The normalized spacial score (nSPS) is 17.5. The summed E-state index contributed by atoms with van der Waals surface area (Å²) in [4.78, 5) is 32.1. The van der Waals surface area contributed by atoms with Gasteiger partial charge in [-0.05, 0) is 81.3 Å². The molecule has 2 atom stereocenters. The molecule has 0 radical (unpaired) electrons. The lowest BCUT2D eigenvalue weighted by molar-refractivity contribution is -0.155. The van der Waals surface area contributed by atoms with Crippen LogP contribution >= 0.6 is 35.0 Å². The van der Waals surface area contributed by atoms with Gasteiger partial charge >= 0.3 is 5.97 Å². The average Bonchev–Trinajstić information content (AvgIpc) is 3.41. The van der Waals surface area contributed by atoms with Gasteiger partial charge in [0.25, 0.3) is 5.91 Å². The average molecular weight is 706 g/mol. The monoisotopic (exact) mass is 704 g/mol. The Morgan fingerprint density at radius 1 is 1.09 bits per heavy atom.